The monoisotopic (exact) mass is 273 g/mol. The summed E-state index contributed by atoms with van der Waals surface area (Å²) in [5.41, 5.74) is 1.14. The van der Waals surface area contributed by atoms with Crippen molar-refractivity contribution in [3.05, 3.63) is 75.6 Å². The number of Topliss-reactive ketones (excluding diaryl/α,β-unsaturated/α-hetero) is 1. The Morgan fingerprint density at radius 2 is 1.65 bits per heavy atom. The molecule has 0 aromatic heterocycles. The van der Waals surface area contributed by atoms with Gasteiger partial charge in [-0.25, -0.2) is 4.39 Å². The van der Waals surface area contributed by atoms with Gasteiger partial charge in [-0.05, 0) is 23.3 Å². The summed E-state index contributed by atoms with van der Waals surface area (Å²) >= 11 is 0. The van der Waals surface area contributed by atoms with Crippen LogP contribution in [0.4, 0.5) is 10.1 Å². The van der Waals surface area contributed by atoms with Crippen LogP contribution in [0.25, 0.3) is 0 Å². The van der Waals surface area contributed by atoms with Gasteiger partial charge in [0, 0.05) is 25.0 Å². The molecule has 102 valence electrons. The van der Waals surface area contributed by atoms with Crippen LogP contribution in [0.5, 0.6) is 0 Å². The molecule has 20 heavy (non-hydrogen) atoms. The highest BCUT2D eigenvalue weighted by molar-refractivity contribution is 5.83. The quantitative estimate of drug-likeness (QED) is 0.621. The fourth-order valence-electron chi connectivity index (χ4n) is 1.94. The van der Waals surface area contributed by atoms with Gasteiger partial charge in [-0.2, -0.15) is 0 Å². The van der Waals surface area contributed by atoms with Crippen LogP contribution in [-0.4, -0.2) is 10.7 Å². The summed E-state index contributed by atoms with van der Waals surface area (Å²) in [6, 6.07) is 11.8. The molecule has 0 N–H and O–H groups in total. The van der Waals surface area contributed by atoms with Gasteiger partial charge in [-0.15, -0.1) is 0 Å². The average molecular weight is 273 g/mol. The van der Waals surface area contributed by atoms with Gasteiger partial charge < -0.3 is 0 Å². The number of halogens is 1. The van der Waals surface area contributed by atoms with Crippen LogP contribution >= 0.6 is 0 Å². The lowest BCUT2D eigenvalue weighted by atomic mass is 10.0. The zero-order valence-electron chi connectivity index (χ0n) is 10.6. The molecule has 0 saturated heterocycles. The Balaban J connectivity index is 2.04. The van der Waals surface area contributed by atoms with Crippen LogP contribution in [0.3, 0.4) is 0 Å². The summed E-state index contributed by atoms with van der Waals surface area (Å²) in [5, 5.41) is 10.6. The Morgan fingerprint density at radius 3 is 2.25 bits per heavy atom. The Kier molecular flexibility index (Phi) is 4.20. The van der Waals surface area contributed by atoms with Crippen molar-refractivity contribution in [2.45, 2.75) is 12.8 Å². The number of carbonyl (C=O) groups is 1. The second kappa shape index (κ2) is 6.06. The summed E-state index contributed by atoms with van der Waals surface area (Å²) < 4.78 is 13.0. The molecular formula is C15H12FNO3. The molecule has 0 heterocycles. The second-order valence-corrected chi connectivity index (χ2v) is 4.45. The zero-order valence-corrected chi connectivity index (χ0v) is 10.6. The molecule has 0 aliphatic carbocycles. The summed E-state index contributed by atoms with van der Waals surface area (Å²) in [7, 11) is 0. The topological polar surface area (TPSA) is 60.2 Å². The summed E-state index contributed by atoms with van der Waals surface area (Å²) in [6.45, 7) is 0. The van der Waals surface area contributed by atoms with Crippen molar-refractivity contribution >= 4 is 11.5 Å². The zero-order chi connectivity index (χ0) is 14.5. The van der Waals surface area contributed by atoms with E-state index < -0.39 is 4.92 Å². The smallest absolute Gasteiger partial charge is 0.269 e. The van der Waals surface area contributed by atoms with E-state index in [-0.39, 0.29) is 30.1 Å². The largest absolute Gasteiger partial charge is 0.299 e. The first kappa shape index (κ1) is 13.9. The van der Waals surface area contributed by atoms with E-state index in [2.05, 4.69) is 0 Å². The molecule has 0 radical (unpaired) electrons. The number of nitro benzene ring substituents is 1. The van der Waals surface area contributed by atoms with Gasteiger partial charge in [0.1, 0.15) is 11.6 Å². The van der Waals surface area contributed by atoms with Gasteiger partial charge in [0.05, 0.1) is 4.92 Å². The molecule has 0 amide bonds. The molecule has 0 aliphatic heterocycles. The lowest BCUT2D eigenvalue weighted by molar-refractivity contribution is -0.384. The number of benzene rings is 2. The van der Waals surface area contributed by atoms with Crippen LogP contribution in [0.1, 0.15) is 11.1 Å². The third-order valence-electron chi connectivity index (χ3n) is 2.81. The standard InChI is InChI=1S/C15H12FNO3/c16-13-5-1-3-11(7-13)9-15(18)10-12-4-2-6-14(8-12)17(19)20/h1-8H,9-10H2. The fraction of sp³-hybridized carbons (Fsp3) is 0.133. The lowest BCUT2D eigenvalue weighted by Gasteiger charge is -2.02. The van der Waals surface area contributed by atoms with Gasteiger partial charge in [0.15, 0.2) is 0 Å². The predicted octanol–water partition coefficient (Wildman–Crippen LogP) is 3.09. The van der Waals surface area contributed by atoms with Crippen molar-refractivity contribution < 1.29 is 14.1 Å². The van der Waals surface area contributed by atoms with E-state index >= 15 is 0 Å². The minimum absolute atomic E-state index is 0.0407. The van der Waals surface area contributed by atoms with Crippen molar-refractivity contribution in [1.29, 1.82) is 0 Å². The molecule has 0 saturated carbocycles. The molecule has 4 nitrogen and oxygen atoms in total. The maximum absolute atomic E-state index is 13.0. The van der Waals surface area contributed by atoms with Crippen LogP contribution in [0, 0.1) is 15.9 Å². The van der Waals surface area contributed by atoms with Gasteiger partial charge in [-0.1, -0.05) is 24.3 Å². The first-order chi connectivity index (χ1) is 9.54. The number of hydrogen-bond donors (Lipinski definition) is 0. The van der Waals surface area contributed by atoms with Gasteiger partial charge in [0.2, 0.25) is 0 Å². The van der Waals surface area contributed by atoms with Crippen LogP contribution in [0.2, 0.25) is 0 Å². The van der Waals surface area contributed by atoms with E-state index in [0.717, 1.165) is 0 Å². The van der Waals surface area contributed by atoms with E-state index in [1.165, 1.54) is 24.3 Å². The number of nitro groups is 1. The SMILES string of the molecule is O=C(Cc1cccc(F)c1)Cc1cccc([N+](=O)[O-])c1. The van der Waals surface area contributed by atoms with Gasteiger partial charge in [0.25, 0.3) is 5.69 Å². The van der Waals surface area contributed by atoms with Crippen LogP contribution < -0.4 is 0 Å². The average Bonchev–Trinajstić information content (AvgIpc) is 2.38. The van der Waals surface area contributed by atoms with Crippen molar-refractivity contribution in [3.63, 3.8) is 0 Å². The maximum Gasteiger partial charge on any atom is 0.269 e. The highest BCUT2D eigenvalue weighted by Crippen LogP contribution is 2.14. The molecule has 2 rings (SSSR count). The molecule has 2 aromatic rings. The summed E-state index contributed by atoms with van der Waals surface area (Å²) in [6.07, 6.45) is 0.207. The maximum atomic E-state index is 13.0. The van der Waals surface area contributed by atoms with Crippen molar-refractivity contribution in [2.24, 2.45) is 0 Å². The molecule has 0 atom stereocenters. The molecule has 0 unspecified atom stereocenters. The Labute approximate surface area is 115 Å². The first-order valence-corrected chi connectivity index (χ1v) is 6.04. The number of nitrogens with zero attached hydrogens (tertiary/aromatic N) is 1. The predicted molar refractivity (Wildman–Crippen MR) is 71.9 cm³/mol. The third kappa shape index (κ3) is 3.71. The normalized spacial score (nSPS) is 10.2. The summed E-state index contributed by atoms with van der Waals surface area (Å²) in [4.78, 5) is 22.0. The lowest BCUT2D eigenvalue weighted by Crippen LogP contribution is -2.07. The van der Waals surface area contributed by atoms with Crippen molar-refractivity contribution in [2.75, 3.05) is 0 Å². The first-order valence-electron chi connectivity index (χ1n) is 6.04. The Bertz CT molecular complexity index is 655. The van der Waals surface area contributed by atoms with Gasteiger partial charge in [-0.3, -0.25) is 14.9 Å². The minimum Gasteiger partial charge on any atom is -0.299 e. The Morgan fingerprint density at radius 1 is 1.05 bits per heavy atom. The second-order valence-electron chi connectivity index (χ2n) is 4.45. The number of rotatable bonds is 5. The molecule has 2 aromatic carbocycles. The highest BCUT2D eigenvalue weighted by atomic mass is 19.1. The number of hydrogen-bond acceptors (Lipinski definition) is 3. The van der Waals surface area contributed by atoms with Crippen molar-refractivity contribution in [3.8, 4) is 0 Å². The molecule has 0 aliphatic rings. The molecule has 0 bridgehead atoms. The number of carbonyl (C=O) groups excluding carboxylic acids is 1. The highest BCUT2D eigenvalue weighted by Gasteiger charge is 2.10. The number of non-ortho nitro benzene ring substituents is 1. The van der Waals surface area contributed by atoms with E-state index in [1.54, 1.807) is 24.3 Å². The molecule has 0 spiro atoms. The fourth-order valence-corrected chi connectivity index (χ4v) is 1.94. The Hall–Kier alpha value is -2.56. The van der Waals surface area contributed by atoms with Gasteiger partial charge >= 0.3 is 0 Å². The van der Waals surface area contributed by atoms with Crippen LogP contribution in [0.15, 0.2) is 48.5 Å². The van der Waals surface area contributed by atoms with E-state index in [4.69, 9.17) is 0 Å². The van der Waals surface area contributed by atoms with E-state index in [0.29, 0.717) is 11.1 Å². The van der Waals surface area contributed by atoms with E-state index in [1.807, 2.05) is 0 Å². The third-order valence-corrected chi connectivity index (χ3v) is 2.81. The molecule has 5 heteroatoms. The minimum atomic E-state index is -0.499. The van der Waals surface area contributed by atoms with E-state index in [9.17, 15) is 19.3 Å². The molecule has 0 fully saturated rings. The summed E-state index contributed by atoms with van der Waals surface area (Å²) in [5.74, 6) is -0.498. The number of ketones is 1. The molecular weight excluding hydrogens is 261 g/mol. The van der Waals surface area contributed by atoms with Crippen LogP contribution in [-0.2, 0) is 17.6 Å². The van der Waals surface area contributed by atoms with Crippen molar-refractivity contribution in [1.82, 2.24) is 0 Å².